The largest absolute Gasteiger partial charge is 0.384 e. The topological polar surface area (TPSA) is 56.2 Å². The van der Waals surface area contributed by atoms with Gasteiger partial charge in [0.2, 0.25) is 0 Å². The molecule has 0 aromatic carbocycles. The molecular weight excluding hydrogens is 212 g/mol. The van der Waals surface area contributed by atoms with Gasteiger partial charge in [0.1, 0.15) is 5.82 Å². The number of aryl methyl sites for hydroxylation is 1. The Hall–Kier alpha value is -2.36. The molecule has 0 saturated carbocycles. The second kappa shape index (κ2) is 3.59. The van der Waals surface area contributed by atoms with E-state index in [1.165, 1.54) is 5.56 Å². The van der Waals surface area contributed by atoms with Crippen LogP contribution in [0.5, 0.6) is 0 Å². The minimum Gasteiger partial charge on any atom is -0.384 e. The Morgan fingerprint density at radius 1 is 1.24 bits per heavy atom. The first kappa shape index (κ1) is 9.84. The Morgan fingerprint density at radius 3 is 2.88 bits per heavy atom. The van der Waals surface area contributed by atoms with Crippen LogP contribution in [0.2, 0.25) is 0 Å². The zero-order chi connectivity index (χ0) is 11.8. The Labute approximate surface area is 98.7 Å². The van der Waals surface area contributed by atoms with Crippen LogP contribution in [-0.2, 0) is 0 Å². The van der Waals surface area contributed by atoms with Crippen molar-refractivity contribution < 1.29 is 0 Å². The molecule has 17 heavy (non-hydrogen) atoms. The van der Waals surface area contributed by atoms with E-state index in [9.17, 15) is 0 Å². The number of fused-ring (bicyclic) bond motifs is 1. The minimum atomic E-state index is 0.534. The first-order valence-corrected chi connectivity index (χ1v) is 5.40. The fourth-order valence-corrected chi connectivity index (χ4v) is 1.94. The standard InChI is InChI=1S/C13H12N4/c1-9-6-11-4-5-16-17(11)8-12(9)10-2-3-13(14)15-7-10/h2-8H,1H3,(H2,14,15). The highest BCUT2D eigenvalue weighted by atomic mass is 15.2. The molecule has 4 heteroatoms. The fraction of sp³-hybridized carbons (Fsp3) is 0.0769. The normalized spacial score (nSPS) is 10.9. The Morgan fingerprint density at radius 2 is 2.12 bits per heavy atom. The number of hydrogen-bond acceptors (Lipinski definition) is 3. The minimum absolute atomic E-state index is 0.534. The molecule has 2 N–H and O–H groups in total. The maximum absolute atomic E-state index is 5.59. The first-order valence-electron chi connectivity index (χ1n) is 5.40. The smallest absolute Gasteiger partial charge is 0.123 e. The SMILES string of the molecule is Cc1cc2ccnn2cc1-c1ccc(N)nc1. The van der Waals surface area contributed by atoms with E-state index in [1.807, 2.05) is 28.9 Å². The van der Waals surface area contributed by atoms with Gasteiger partial charge in [-0.3, -0.25) is 0 Å². The summed E-state index contributed by atoms with van der Waals surface area (Å²) < 4.78 is 1.86. The van der Waals surface area contributed by atoms with Gasteiger partial charge >= 0.3 is 0 Å². The molecule has 0 aliphatic heterocycles. The fourth-order valence-electron chi connectivity index (χ4n) is 1.94. The lowest BCUT2D eigenvalue weighted by Gasteiger charge is -2.07. The third kappa shape index (κ3) is 1.63. The lowest BCUT2D eigenvalue weighted by atomic mass is 10.0. The van der Waals surface area contributed by atoms with Crippen molar-refractivity contribution in [3.8, 4) is 11.1 Å². The molecule has 0 atom stereocenters. The van der Waals surface area contributed by atoms with Gasteiger partial charge in [-0.1, -0.05) is 0 Å². The molecule has 3 aromatic rings. The molecule has 0 fully saturated rings. The number of anilines is 1. The Balaban J connectivity index is 2.21. The molecule has 0 aliphatic carbocycles. The van der Waals surface area contributed by atoms with E-state index in [0.717, 1.165) is 16.6 Å². The summed E-state index contributed by atoms with van der Waals surface area (Å²) >= 11 is 0. The van der Waals surface area contributed by atoms with Crippen LogP contribution in [0.3, 0.4) is 0 Å². The van der Waals surface area contributed by atoms with E-state index in [4.69, 9.17) is 5.73 Å². The van der Waals surface area contributed by atoms with Crippen molar-refractivity contribution in [2.45, 2.75) is 6.92 Å². The Bertz CT molecular complexity index is 667. The monoisotopic (exact) mass is 224 g/mol. The average Bonchev–Trinajstić information content (AvgIpc) is 2.76. The van der Waals surface area contributed by atoms with E-state index < -0.39 is 0 Å². The van der Waals surface area contributed by atoms with Gasteiger partial charge in [0.05, 0.1) is 5.52 Å². The van der Waals surface area contributed by atoms with Crippen LogP contribution in [-0.4, -0.2) is 14.6 Å². The van der Waals surface area contributed by atoms with Crippen molar-refractivity contribution >= 4 is 11.3 Å². The highest BCUT2D eigenvalue weighted by Crippen LogP contribution is 2.24. The summed E-state index contributed by atoms with van der Waals surface area (Å²) in [5.41, 5.74) is 10.0. The molecule has 3 heterocycles. The zero-order valence-corrected chi connectivity index (χ0v) is 9.46. The van der Waals surface area contributed by atoms with Gasteiger partial charge in [0, 0.05) is 29.7 Å². The van der Waals surface area contributed by atoms with E-state index >= 15 is 0 Å². The maximum atomic E-state index is 5.59. The predicted molar refractivity (Wildman–Crippen MR) is 67.6 cm³/mol. The summed E-state index contributed by atoms with van der Waals surface area (Å²) in [6.45, 7) is 2.08. The van der Waals surface area contributed by atoms with Crippen LogP contribution in [0.15, 0.2) is 42.9 Å². The van der Waals surface area contributed by atoms with Gasteiger partial charge in [0.25, 0.3) is 0 Å². The third-order valence-electron chi connectivity index (χ3n) is 2.84. The van der Waals surface area contributed by atoms with Gasteiger partial charge in [-0.15, -0.1) is 0 Å². The number of nitrogens with zero attached hydrogens (tertiary/aromatic N) is 3. The van der Waals surface area contributed by atoms with Crippen LogP contribution in [0.4, 0.5) is 5.82 Å². The van der Waals surface area contributed by atoms with Gasteiger partial charge in [-0.05, 0) is 36.8 Å². The maximum Gasteiger partial charge on any atom is 0.123 e. The molecule has 84 valence electrons. The number of pyridine rings is 2. The van der Waals surface area contributed by atoms with E-state index in [-0.39, 0.29) is 0 Å². The van der Waals surface area contributed by atoms with Crippen molar-refractivity contribution in [1.82, 2.24) is 14.6 Å². The van der Waals surface area contributed by atoms with Gasteiger partial charge in [-0.2, -0.15) is 5.10 Å². The number of aromatic nitrogens is 3. The molecule has 0 saturated heterocycles. The number of nitrogens with two attached hydrogens (primary N) is 1. The third-order valence-corrected chi connectivity index (χ3v) is 2.84. The number of hydrogen-bond donors (Lipinski definition) is 1. The number of nitrogen functional groups attached to an aromatic ring is 1. The average molecular weight is 224 g/mol. The molecule has 0 unspecified atom stereocenters. The summed E-state index contributed by atoms with van der Waals surface area (Å²) in [5.74, 6) is 0.534. The van der Waals surface area contributed by atoms with Crippen LogP contribution in [0.1, 0.15) is 5.56 Å². The highest BCUT2D eigenvalue weighted by Gasteiger charge is 2.05. The van der Waals surface area contributed by atoms with Gasteiger partial charge in [0.15, 0.2) is 0 Å². The summed E-state index contributed by atoms with van der Waals surface area (Å²) in [6.07, 6.45) is 5.59. The van der Waals surface area contributed by atoms with Crippen LogP contribution >= 0.6 is 0 Å². The molecule has 0 amide bonds. The predicted octanol–water partition coefficient (Wildman–Crippen LogP) is 2.29. The molecule has 0 spiro atoms. The van der Waals surface area contributed by atoms with Gasteiger partial charge < -0.3 is 5.73 Å². The lowest BCUT2D eigenvalue weighted by Crippen LogP contribution is -1.93. The lowest BCUT2D eigenvalue weighted by molar-refractivity contribution is 0.959. The summed E-state index contributed by atoms with van der Waals surface area (Å²) in [7, 11) is 0. The molecule has 0 aliphatic rings. The summed E-state index contributed by atoms with van der Waals surface area (Å²) in [6, 6.07) is 7.87. The van der Waals surface area contributed by atoms with E-state index in [0.29, 0.717) is 5.82 Å². The molecule has 3 aromatic heterocycles. The van der Waals surface area contributed by atoms with Crippen molar-refractivity contribution in [2.75, 3.05) is 5.73 Å². The quantitative estimate of drug-likeness (QED) is 0.690. The Kier molecular flexibility index (Phi) is 2.08. The van der Waals surface area contributed by atoms with Crippen molar-refractivity contribution in [1.29, 1.82) is 0 Å². The van der Waals surface area contributed by atoms with Crippen molar-refractivity contribution in [3.63, 3.8) is 0 Å². The molecule has 0 radical (unpaired) electrons. The number of rotatable bonds is 1. The van der Waals surface area contributed by atoms with Gasteiger partial charge in [-0.25, -0.2) is 9.50 Å². The summed E-state index contributed by atoms with van der Waals surface area (Å²) in [5, 5.41) is 4.24. The van der Waals surface area contributed by atoms with Crippen LogP contribution in [0.25, 0.3) is 16.6 Å². The summed E-state index contributed by atoms with van der Waals surface area (Å²) in [4.78, 5) is 4.11. The molecule has 3 rings (SSSR count). The molecule has 0 bridgehead atoms. The van der Waals surface area contributed by atoms with Crippen molar-refractivity contribution in [3.05, 3.63) is 48.4 Å². The molecule has 4 nitrogen and oxygen atoms in total. The van der Waals surface area contributed by atoms with Crippen LogP contribution in [0, 0.1) is 6.92 Å². The zero-order valence-electron chi connectivity index (χ0n) is 9.46. The second-order valence-corrected chi connectivity index (χ2v) is 4.04. The van der Waals surface area contributed by atoms with Crippen molar-refractivity contribution in [2.24, 2.45) is 0 Å². The van der Waals surface area contributed by atoms with Crippen LogP contribution < -0.4 is 5.73 Å². The van der Waals surface area contributed by atoms with E-state index in [2.05, 4.69) is 23.1 Å². The van der Waals surface area contributed by atoms with E-state index in [1.54, 1.807) is 12.4 Å². The second-order valence-electron chi connectivity index (χ2n) is 4.04. The highest BCUT2D eigenvalue weighted by molar-refractivity contribution is 5.69. The molecular formula is C13H12N4. The first-order chi connectivity index (χ1) is 8.24.